The number of rotatable bonds is 2. The number of morpholine rings is 1. The van der Waals surface area contributed by atoms with Gasteiger partial charge in [0.15, 0.2) is 0 Å². The second kappa shape index (κ2) is 5.33. The standard InChI is InChI=1S/C16H18N2O/c17-14-6-7-15(13-4-2-1-3-5-13)16(12-14)18-8-10-19-11-9-18/h1-7,12H,8-11,17H2. The molecule has 0 amide bonds. The van der Waals surface area contributed by atoms with E-state index in [0.717, 1.165) is 32.0 Å². The Morgan fingerprint density at radius 2 is 1.68 bits per heavy atom. The molecule has 0 aromatic heterocycles. The summed E-state index contributed by atoms with van der Waals surface area (Å²) in [4.78, 5) is 2.35. The molecule has 0 saturated carbocycles. The predicted octanol–water partition coefficient (Wildman–Crippen LogP) is 2.77. The van der Waals surface area contributed by atoms with Crippen molar-refractivity contribution < 1.29 is 4.74 Å². The van der Waals surface area contributed by atoms with Crippen molar-refractivity contribution in [2.45, 2.75) is 0 Å². The van der Waals surface area contributed by atoms with Gasteiger partial charge < -0.3 is 15.4 Å². The third-order valence-electron chi connectivity index (χ3n) is 3.46. The Labute approximate surface area is 113 Å². The highest BCUT2D eigenvalue weighted by atomic mass is 16.5. The van der Waals surface area contributed by atoms with Crippen molar-refractivity contribution in [1.29, 1.82) is 0 Å². The molecule has 1 aliphatic heterocycles. The highest BCUT2D eigenvalue weighted by Gasteiger charge is 2.15. The van der Waals surface area contributed by atoms with E-state index in [2.05, 4.69) is 41.3 Å². The number of benzene rings is 2. The Hall–Kier alpha value is -2.00. The van der Waals surface area contributed by atoms with Crippen molar-refractivity contribution in [2.75, 3.05) is 36.9 Å². The van der Waals surface area contributed by atoms with E-state index in [1.54, 1.807) is 0 Å². The molecule has 1 fully saturated rings. The maximum atomic E-state index is 5.95. The van der Waals surface area contributed by atoms with E-state index < -0.39 is 0 Å². The lowest BCUT2D eigenvalue weighted by atomic mass is 10.0. The van der Waals surface area contributed by atoms with Gasteiger partial charge in [-0.3, -0.25) is 0 Å². The van der Waals surface area contributed by atoms with Crippen LogP contribution in [0.5, 0.6) is 0 Å². The first-order valence-corrected chi connectivity index (χ1v) is 6.62. The summed E-state index contributed by atoms with van der Waals surface area (Å²) in [5.41, 5.74) is 10.4. The summed E-state index contributed by atoms with van der Waals surface area (Å²) in [5, 5.41) is 0. The molecule has 0 radical (unpaired) electrons. The van der Waals surface area contributed by atoms with E-state index in [0.29, 0.717) is 0 Å². The fourth-order valence-corrected chi connectivity index (χ4v) is 2.48. The van der Waals surface area contributed by atoms with E-state index in [-0.39, 0.29) is 0 Å². The minimum Gasteiger partial charge on any atom is -0.399 e. The molecule has 0 spiro atoms. The first kappa shape index (κ1) is 12.1. The van der Waals surface area contributed by atoms with Gasteiger partial charge in [-0.1, -0.05) is 36.4 Å². The average molecular weight is 254 g/mol. The molecule has 19 heavy (non-hydrogen) atoms. The lowest BCUT2D eigenvalue weighted by molar-refractivity contribution is 0.123. The van der Waals surface area contributed by atoms with Crippen LogP contribution in [0.4, 0.5) is 11.4 Å². The zero-order valence-electron chi connectivity index (χ0n) is 10.9. The molecule has 1 aliphatic rings. The molecule has 0 atom stereocenters. The van der Waals surface area contributed by atoms with Crippen molar-refractivity contribution in [3.05, 3.63) is 48.5 Å². The second-order valence-corrected chi connectivity index (χ2v) is 4.74. The van der Waals surface area contributed by atoms with Crippen molar-refractivity contribution in [2.24, 2.45) is 0 Å². The number of hydrogen-bond acceptors (Lipinski definition) is 3. The van der Waals surface area contributed by atoms with Crippen LogP contribution in [0.3, 0.4) is 0 Å². The van der Waals surface area contributed by atoms with Gasteiger partial charge >= 0.3 is 0 Å². The maximum Gasteiger partial charge on any atom is 0.0642 e. The lowest BCUT2D eigenvalue weighted by Crippen LogP contribution is -2.36. The number of nitrogens with two attached hydrogens (primary N) is 1. The monoisotopic (exact) mass is 254 g/mol. The Kier molecular flexibility index (Phi) is 3.38. The minimum atomic E-state index is 0.781. The van der Waals surface area contributed by atoms with Crippen LogP contribution in [0, 0.1) is 0 Å². The van der Waals surface area contributed by atoms with E-state index in [4.69, 9.17) is 10.5 Å². The summed E-state index contributed by atoms with van der Waals surface area (Å²) in [7, 11) is 0. The van der Waals surface area contributed by atoms with Crippen LogP contribution in [-0.4, -0.2) is 26.3 Å². The average Bonchev–Trinajstić information content (AvgIpc) is 2.49. The van der Waals surface area contributed by atoms with Crippen molar-refractivity contribution in [1.82, 2.24) is 0 Å². The van der Waals surface area contributed by atoms with E-state index >= 15 is 0 Å². The van der Waals surface area contributed by atoms with Gasteiger partial charge in [0, 0.05) is 30.0 Å². The maximum absolute atomic E-state index is 5.95. The molecule has 0 aliphatic carbocycles. The van der Waals surface area contributed by atoms with Crippen LogP contribution in [0.25, 0.3) is 11.1 Å². The largest absolute Gasteiger partial charge is 0.399 e. The van der Waals surface area contributed by atoms with Crippen LogP contribution in [0.2, 0.25) is 0 Å². The van der Waals surface area contributed by atoms with Crippen LogP contribution in [-0.2, 0) is 4.74 Å². The van der Waals surface area contributed by atoms with Crippen LogP contribution in [0.15, 0.2) is 48.5 Å². The van der Waals surface area contributed by atoms with Gasteiger partial charge in [0.05, 0.1) is 13.2 Å². The summed E-state index contributed by atoms with van der Waals surface area (Å²) < 4.78 is 5.42. The van der Waals surface area contributed by atoms with Gasteiger partial charge in [0.2, 0.25) is 0 Å². The quantitative estimate of drug-likeness (QED) is 0.837. The van der Waals surface area contributed by atoms with Crippen molar-refractivity contribution >= 4 is 11.4 Å². The van der Waals surface area contributed by atoms with Crippen molar-refractivity contribution in [3.8, 4) is 11.1 Å². The molecule has 98 valence electrons. The van der Waals surface area contributed by atoms with Gasteiger partial charge in [0.25, 0.3) is 0 Å². The number of nitrogen functional groups attached to an aromatic ring is 1. The molecule has 2 N–H and O–H groups in total. The molecule has 3 nitrogen and oxygen atoms in total. The number of nitrogens with zero attached hydrogens (tertiary/aromatic N) is 1. The SMILES string of the molecule is Nc1ccc(-c2ccccc2)c(N2CCOCC2)c1. The van der Waals surface area contributed by atoms with Crippen LogP contribution in [0.1, 0.15) is 0 Å². The molecule has 0 bridgehead atoms. The Balaban J connectivity index is 2.04. The molecule has 1 saturated heterocycles. The third kappa shape index (κ3) is 2.56. The summed E-state index contributed by atoms with van der Waals surface area (Å²) >= 11 is 0. The van der Waals surface area contributed by atoms with Crippen LogP contribution < -0.4 is 10.6 Å². The normalized spacial score (nSPS) is 15.5. The smallest absolute Gasteiger partial charge is 0.0642 e. The van der Waals surface area contributed by atoms with E-state index in [9.17, 15) is 0 Å². The highest BCUT2D eigenvalue weighted by molar-refractivity contribution is 5.81. The molecule has 2 aromatic rings. The molecular formula is C16H18N2O. The summed E-state index contributed by atoms with van der Waals surface area (Å²) in [6, 6.07) is 16.6. The lowest BCUT2D eigenvalue weighted by Gasteiger charge is -2.31. The topological polar surface area (TPSA) is 38.5 Å². The Morgan fingerprint density at radius 3 is 2.42 bits per heavy atom. The number of ether oxygens (including phenoxy) is 1. The van der Waals surface area contributed by atoms with Gasteiger partial charge in [-0.2, -0.15) is 0 Å². The zero-order valence-corrected chi connectivity index (χ0v) is 10.9. The number of anilines is 2. The fourth-order valence-electron chi connectivity index (χ4n) is 2.48. The van der Waals surface area contributed by atoms with Gasteiger partial charge in [-0.25, -0.2) is 0 Å². The third-order valence-corrected chi connectivity index (χ3v) is 3.46. The fraction of sp³-hybridized carbons (Fsp3) is 0.250. The number of hydrogen-bond donors (Lipinski definition) is 1. The molecule has 0 unspecified atom stereocenters. The summed E-state index contributed by atoms with van der Waals surface area (Å²) in [6.45, 7) is 3.40. The molecule has 1 heterocycles. The molecule has 3 heteroatoms. The Morgan fingerprint density at radius 1 is 0.947 bits per heavy atom. The predicted molar refractivity (Wildman–Crippen MR) is 79.3 cm³/mol. The van der Waals surface area contributed by atoms with Crippen molar-refractivity contribution in [3.63, 3.8) is 0 Å². The molecule has 3 rings (SSSR count). The van der Waals surface area contributed by atoms with Gasteiger partial charge in [0.1, 0.15) is 0 Å². The van der Waals surface area contributed by atoms with Crippen LogP contribution >= 0.6 is 0 Å². The summed E-state index contributed by atoms with van der Waals surface area (Å²) in [6.07, 6.45) is 0. The van der Waals surface area contributed by atoms with Gasteiger partial charge in [-0.15, -0.1) is 0 Å². The summed E-state index contributed by atoms with van der Waals surface area (Å²) in [5.74, 6) is 0. The second-order valence-electron chi connectivity index (χ2n) is 4.74. The van der Waals surface area contributed by atoms with E-state index in [1.807, 2.05) is 12.1 Å². The van der Waals surface area contributed by atoms with Gasteiger partial charge in [-0.05, 0) is 17.7 Å². The van der Waals surface area contributed by atoms with E-state index in [1.165, 1.54) is 16.8 Å². The zero-order chi connectivity index (χ0) is 13.1. The first-order valence-electron chi connectivity index (χ1n) is 6.62. The molecule has 2 aromatic carbocycles. The Bertz CT molecular complexity index is 548. The highest BCUT2D eigenvalue weighted by Crippen LogP contribution is 2.33. The first-order chi connectivity index (χ1) is 9.34. The minimum absolute atomic E-state index is 0.781. The molecular weight excluding hydrogens is 236 g/mol.